The fourth-order valence-corrected chi connectivity index (χ4v) is 17.2. The molecule has 2 aliphatic heterocycles. The van der Waals surface area contributed by atoms with Gasteiger partial charge in [0.25, 0.3) is 5.91 Å². The second kappa shape index (κ2) is 28.2. The van der Waals surface area contributed by atoms with Crippen LogP contribution in [0.15, 0.2) is 79.0 Å². The number of nitrogens with one attached hydrogen (secondary N) is 4. The quantitative estimate of drug-likeness (QED) is 0.0289. The number of rotatable bonds is 25. The van der Waals surface area contributed by atoms with Crippen molar-refractivity contribution in [3.8, 4) is 11.1 Å². The number of aliphatic carboxylic acids is 1. The van der Waals surface area contributed by atoms with E-state index in [2.05, 4.69) is 40.1 Å². The molecule has 3 aromatic heterocycles. The molecule has 11 N–H and O–H groups in total. The van der Waals surface area contributed by atoms with Gasteiger partial charge in [0.15, 0.2) is 16.9 Å². The Bertz CT molecular complexity index is 3960. The molecule has 3 aromatic carbocycles. The zero-order chi connectivity index (χ0) is 69.5. The van der Waals surface area contributed by atoms with Crippen LogP contribution in [0.4, 0.5) is 21.4 Å². The monoisotopic (exact) mass is 1350 g/mol. The predicted octanol–water partition coefficient (Wildman–Crippen LogP) is 6.58. The number of para-hydroxylation sites is 1. The molecule has 26 nitrogen and oxygen atoms in total. The van der Waals surface area contributed by atoms with Gasteiger partial charge in [0.05, 0.1) is 40.8 Å². The summed E-state index contributed by atoms with van der Waals surface area (Å²) >= 11 is 1.40. The molecule has 5 fully saturated rings. The molecule has 0 radical (unpaired) electrons. The zero-order valence-corrected chi connectivity index (χ0v) is 56.4. The zero-order valence-electron chi connectivity index (χ0n) is 55.6. The van der Waals surface area contributed by atoms with E-state index >= 15 is 0 Å². The number of pyridine rings is 1. The number of aryl methyl sites for hydroxylation is 1. The minimum atomic E-state index is -1.90. The maximum absolute atomic E-state index is 14.3. The van der Waals surface area contributed by atoms with Gasteiger partial charge in [-0.25, -0.2) is 24.4 Å². The van der Waals surface area contributed by atoms with Crippen LogP contribution < -0.4 is 31.9 Å². The Labute approximate surface area is 565 Å². The number of carboxylic acid groups (broad SMARTS) is 2. The minimum absolute atomic E-state index is 0.0117. The van der Waals surface area contributed by atoms with E-state index in [1.165, 1.54) is 30.2 Å². The van der Waals surface area contributed by atoms with Crippen LogP contribution in [0, 0.1) is 29.1 Å². The summed E-state index contributed by atoms with van der Waals surface area (Å²) in [4.78, 5) is 105. The van der Waals surface area contributed by atoms with E-state index in [9.17, 15) is 59.1 Å². The van der Waals surface area contributed by atoms with Gasteiger partial charge in [0.1, 0.15) is 36.8 Å². The number of aliphatic hydroxyl groups is 3. The highest BCUT2D eigenvalue weighted by Gasteiger charge is 2.66. The Morgan fingerprint density at radius 1 is 0.835 bits per heavy atom. The SMILES string of the molecule is CNC(=O)CCN(CCOC12CC3(C)CC(C)(CC(Cn4ncc(-c5ccc(N6CCc7cccc(C(=O)Nc8nc9ccccc9s8)c7C6)nc5C(=O)O)c4C)(C3)C1)C2)C(=O)OCc1ccc(NC(=O)C(C)NC(=O)C(N)C(C)C)cc1CC[C@@H]1O[C@H](C(=O)O)[C@@H](O)[C@H](O)[C@H]1O. The Hall–Kier alpha value is -8.44. The summed E-state index contributed by atoms with van der Waals surface area (Å²) in [6, 6.07) is 19.9. The molecule has 5 heterocycles. The third-order valence-corrected chi connectivity index (χ3v) is 21.1. The van der Waals surface area contributed by atoms with Crippen molar-refractivity contribution in [3.63, 3.8) is 0 Å². The molecular weight excluding hydrogens is 1270 g/mol. The minimum Gasteiger partial charge on any atom is -0.479 e. The molecule has 1 saturated heterocycles. The average Bonchev–Trinajstić information content (AvgIpc) is 0.990. The molecule has 4 saturated carbocycles. The van der Waals surface area contributed by atoms with Gasteiger partial charge in [-0.05, 0) is 159 Å². The Balaban J connectivity index is 0.769. The summed E-state index contributed by atoms with van der Waals surface area (Å²) in [6.07, 6.45) is -1.82. The van der Waals surface area contributed by atoms with Crippen LogP contribution in [0.2, 0.25) is 0 Å². The van der Waals surface area contributed by atoms with Gasteiger partial charge in [-0.1, -0.05) is 69.4 Å². The van der Waals surface area contributed by atoms with Crippen LogP contribution in [0.1, 0.15) is 135 Å². The summed E-state index contributed by atoms with van der Waals surface area (Å²) in [5.74, 6) is -4.09. The number of ether oxygens (including phenoxy) is 3. The van der Waals surface area contributed by atoms with E-state index in [1.807, 2.05) is 59.0 Å². The molecular formula is C70H87N11O15S. The Morgan fingerprint density at radius 3 is 2.30 bits per heavy atom. The number of benzene rings is 3. The lowest BCUT2D eigenvalue weighted by Gasteiger charge is -2.69. The highest BCUT2D eigenvalue weighted by Crippen LogP contribution is 2.72. The second-order valence-electron chi connectivity index (χ2n) is 28.3. The van der Waals surface area contributed by atoms with Gasteiger partial charge < -0.3 is 71.2 Å². The molecule has 6 aliphatic rings. The summed E-state index contributed by atoms with van der Waals surface area (Å²) in [6.45, 7) is 13.0. The summed E-state index contributed by atoms with van der Waals surface area (Å²) in [5, 5.41) is 68.8. The lowest BCUT2D eigenvalue weighted by atomic mass is 9.39. The van der Waals surface area contributed by atoms with E-state index in [0.717, 1.165) is 59.1 Å². The van der Waals surface area contributed by atoms with Crippen LogP contribution in [0.5, 0.6) is 0 Å². The topological polar surface area (TPSA) is 373 Å². The first-order chi connectivity index (χ1) is 46.1. The molecule has 5 amide bonds. The van der Waals surface area contributed by atoms with Crippen molar-refractivity contribution in [3.05, 3.63) is 118 Å². The predicted molar refractivity (Wildman–Crippen MR) is 360 cm³/mol. The number of nitrogens with two attached hydrogens (primary N) is 1. The number of thiazole rings is 1. The number of fused-ring (bicyclic) bond motifs is 2. The number of nitrogens with zero attached hydrogens (tertiary/aromatic N) is 6. The summed E-state index contributed by atoms with van der Waals surface area (Å²) in [5.41, 5.74) is 11.2. The lowest BCUT2D eigenvalue weighted by molar-refractivity contribution is -0.248. The van der Waals surface area contributed by atoms with E-state index in [4.69, 9.17) is 30.0 Å². The van der Waals surface area contributed by atoms with Crippen LogP contribution in [-0.2, 0) is 65.9 Å². The first kappa shape index (κ1) is 69.9. The molecule has 0 spiro atoms. The van der Waals surface area contributed by atoms with Crippen LogP contribution in [-0.4, -0.2) is 173 Å². The number of aromatic carboxylic acids is 1. The van der Waals surface area contributed by atoms with Gasteiger partial charge in [-0.3, -0.25) is 29.2 Å². The van der Waals surface area contributed by atoms with Crippen molar-refractivity contribution in [2.45, 2.75) is 174 Å². The highest BCUT2D eigenvalue weighted by atomic mass is 32.1. The number of hydrogen-bond donors (Lipinski definition) is 10. The van der Waals surface area contributed by atoms with Crippen molar-refractivity contribution in [2.24, 2.45) is 27.9 Å². The third kappa shape index (κ3) is 15.2. The van der Waals surface area contributed by atoms with Crippen molar-refractivity contribution >= 4 is 79.9 Å². The standard InChI is InChI=1S/C70H87N11O15S/c1-38(2)54(71)62(88)74-39(3)60(86)75-44-17-15-43(42(27-44)16-19-50-56(83)57(84)58(85)59(96-50)64(91)92)30-94-66(93)79(24-22-53(82)72-7)25-26-95-70-34-67(5)31-68(6,35-70)33-69(32-67,36-70)37-81-40(4)47(28-73-81)45-18-20-52(77-55(45)63(89)90)80-23-21-41-11-10-12-46(48(41)29-80)61(87)78-65-76-49-13-8-9-14-51(49)97-65/h8-15,17-18,20,27-28,38-39,50,54,56-59,83-85H,16,19,21-26,29-37,71H2,1-7H3,(H,72,82)(H,74,88)(H,75,86)(H,89,90)(H,91,92)(H,76,78,87)/t39?,50-,54?,56-,57+,58-,59-,67?,68?,69?,70?/m0/s1. The molecule has 27 heteroatoms. The van der Waals surface area contributed by atoms with Crippen LogP contribution >= 0.6 is 11.3 Å². The Morgan fingerprint density at radius 2 is 1.59 bits per heavy atom. The smallest absolute Gasteiger partial charge is 0.410 e. The lowest BCUT2D eigenvalue weighted by Crippen LogP contribution is -2.64. The van der Waals surface area contributed by atoms with Crippen LogP contribution in [0.25, 0.3) is 21.3 Å². The number of aliphatic hydroxyl groups excluding tert-OH is 3. The van der Waals surface area contributed by atoms with E-state index in [0.29, 0.717) is 71.2 Å². The highest BCUT2D eigenvalue weighted by molar-refractivity contribution is 7.22. The van der Waals surface area contributed by atoms with Crippen LogP contribution in [0.3, 0.4) is 0 Å². The number of aromatic nitrogens is 4. The normalized spacial score (nSPS) is 25.4. The number of carbonyl (C=O) groups is 7. The molecule has 518 valence electrons. The fourth-order valence-electron chi connectivity index (χ4n) is 16.4. The Kier molecular flexibility index (Phi) is 20.3. The van der Waals surface area contributed by atoms with Gasteiger partial charge in [0, 0.05) is 74.3 Å². The van der Waals surface area contributed by atoms with Gasteiger partial charge >= 0.3 is 18.0 Å². The number of amides is 5. The molecule has 4 aliphatic carbocycles. The molecule has 12 rings (SSSR count). The molecule has 97 heavy (non-hydrogen) atoms. The van der Waals surface area contributed by atoms with Gasteiger partial charge in [-0.15, -0.1) is 0 Å². The van der Waals surface area contributed by atoms with Gasteiger partial charge in [-0.2, -0.15) is 5.10 Å². The third-order valence-electron chi connectivity index (χ3n) is 20.1. The first-order valence-electron chi connectivity index (χ1n) is 33.0. The number of hydrogen-bond acceptors (Lipinski definition) is 19. The molecule has 9 atom stereocenters. The number of carboxylic acids is 2. The van der Waals surface area contributed by atoms with E-state index < -0.39 is 78.1 Å². The van der Waals surface area contributed by atoms with Crippen molar-refractivity contribution in [1.82, 2.24) is 35.3 Å². The largest absolute Gasteiger partial charge is 0.479 e. The second-order valence-corrected chi connectivity index (χ2v) is 29.4. The average molecular weight is 1350 g/mol. The summed E-state index contributed by atoms with van der Waals surface area (Å²) in [7, 11) is 1.50. The van der Waals surface area contributed by atoms with Gasteiger partial charge in [0.2, 0.25) is 17.7 Å². The van der Waals surface area contributed by atoms with E-state index in [1.54, 1.807) is 50.4 Å². The first-order valence-corrected chi connectivity index (χ1v) is 33.9. The van der Waals surface area contributed by atoms with E-state index in [-0.39, 0.29) is 90.9 Å². The van der Waals surface area contributed by atoms with Crippen molar-refractivity contribution in [1.29, 1.82) is 0 Å². The summed E-state index contributed by atoms with van der Waals surface area (Å²) < 4.78 is 21.6. The molecule has 6 aromatic rings. The number of carbonyl (C=O) groups excluding carboxylic acids is 5. The molecule has 4 bridgehead atoms. The molecule has 4 unspecified atom stereocenters. The number of anilines is 3. The fraction of sp³-hybridized carbons (Fsp3) is 0.514. The maximum atomic E-state index is 14.3. The van der Waals surface area contributed by atoms with Crippen molar-refractivity contribution in [2.75, 3.05) is 48.8 Å². The van der Waals surface area contributed by atoms with Crippen molar-refractivity contribution < 1.29 is 73.3 Å². The maximum Gasteiger partial charge on any atom is 0.410 e.